The van der Waals surface area contributed by atoms with Gasteiger partial charge in [-0.25, -0.2) is 9.79 Å². The zero-order valence-corrected chi connectivity index (χ0v) is 14.0. The zero-order chi connectivity index (χ0) is 19.1. The minimum atomic E-state index is -4.62. The van der Waals surface area contributed by atoms with E-state index in [1.54, 1.807) is 0 Å². The number of hydrogen-bond donors (Lipinski definition) is 4. The Labute approximate surface area is 150 Å². The lowest BCUT2D eigenvalue weighted by Crippen LogP contribution is -2.39. The smallest absolute Gasteiger partial charge is 0.419 e. The van der Waals surface area contributed by atoms with E-state index in [9.17, 15) is 18.0 Å². The second-order valence-corrected chi connectivity index (χ2v) is 5.69. The molecular formula is C15H13ClF3N5O2. The Hall–Kier alpha value is -2.72. The predicted molar refractivity (Wildman–Crippen MR) is 91.1 cm³/mol. The number of ether oxygens (including phenoxy) is 1. The quantitative estimate of drug-likeness (QED) is 0.635. The average Bonchev–Trinajstić information content (AvgIpc) is 3.00. The fraction of sp³-hybridized carbons (Fsp3) is 0.200. The number of fused-ring (bicyclic) bond motifs is 1. The van der Waals surface area contributed by atoms with Gasteiger partial charge >= 0.3 is 12.3 Å². The van der Waals surface area contributed by atoms with Gasteiger partial charge in [-0.2, -0.15) is 13.2 Å². The number of methoxy groups -OCH3 is 1. The van der Waals surface area contributed by atoms with Crippen molar-refractivity contribution in [2.75, 3.05) is 12.4 Å². The summed E-state index contributed by atoms with van der Waals surface area (Å²) in [5.74, 6) is 0. The highest BCUT2D eigenvalue weighted by Crippen LogP contribution is 2.36. The van der Waals surface area contributed by atoms with E-state index in [0.29, 0.717) is 10.9 Å². The van der Waals surface area contributed by atoms with E-state index < -0.39 is 24.1 Å². The summed E-state index contributed by atoms with van der Waals surface area (Å²) < 4.78 is 44.4. The van der Waals surface area contributed by atoms with Gasteiger partial charge in [0.1, 0.15) is 0 Å². The van der Waals surface area contributed by atoms with E-state index in [0.717, 1.165) is 6.20 Å². The summed E-state index contributed by atoms with van der Waals surface area (Å²) >= 11 is 6.23. The third kappa shape index (κ3) is 3.20. The molecule has 5 N–H and O–H groups in total. The number of anilines is 1. The van der Waals surface area contributed by atoms with Crippen LogP contribution in [0.1, 0.15) is 5.56 Å². The molecule has 1 aromatic heterocycles. The molecule has 1 aliphatic rings. The van der Waals surface area contributed by atoms with Gasteiger partial charge in [-0.05, 0) is 12.1 Å². The van der Waals surface area contributed by atoms with Crippen LogP contribution in [0.15, 0.2) is 35.1 Å². The number of aliphatic imine (C=N–C) groups is 1. The number of amides is 1. The van der Waals surface area contributed by atoms with Gasteiger partial charge < -0.3 is 15.0 Å². The minimum absolute atomic E-state index is 0.121. The van der Waals surface area contributed by atoms with Crippen LogP contribution in [-0.4, -0.2) is 36.4 Å². The Kier molecular flexibility index (Phi) is 4.55. The summed E-state index contributed by atoms with van der Waals surface area (Å²) in [5, 5.41) is 5.27. The number of allylic oxidation sites excluding steroid dienone is 1. The molecule has 1 aliphatic heterocycles. The van der Waals surface area contributed by atoms with Gasteiger partial charge in [0.05, 0.1) is 34.6 Å². The van der Waals surface area contributed by atoms with Crippen molar-refractivity contribution in [3.63, 3.8) is 0 Å². The molecule has 11 heteroatoms. The number of rotatable bonds is 2. The highest BCUT2D eigenvalue weighted by molar-refractivity contribution is 6.39. The van der Waals surface area contributed by atoms with Crippen LogP contribution < -0.4 is 16.4 Å². The lowest BCUT2D eigenvalue weighted by molar-refractivity contribution is -0.0866. The second-order valence-electron chi connectivity index (χ2n) is 5.31. The first kappa shape index (κ1) is 18.1. The molecule has 0 radical (unpaired) electrons. The maximum absolute atomic E-state index is 13.3. The van der Waals surface area contributed by atoms with Gasteiger partial charge in [-0.1, -0.05) is 11.6 Å². The van der Waals surface area contributed by atoms with Crippen LogP contribution in [0.4, 0.5) is 23.7 Å². The molecule has 7 nitrogen and oxygen atoms in total. The van der Waals surface area contributed by atoms with E-state index in [1.807, 2.05) is 0 Å². The third-order valence-corrected chi connectivity index (χ3v) is 4.09. The fourth-order valence-electron chi connectivity index (χ4n) is 2.53. The van der Waals surface area contributed by atoms with Crippen molar-refractivity contribution in [1.82, 2.24) is 10.3 Å². The van der Waals surface area contributed by atoms with Crippen LogP contribution in [-0.2, 0) is 4.74 Å². The van der Waals surface area contributed by atoms with Gasteiger partial charge in [-0.15, -0.1) is 0 Å². The highest BCUT2D eigenvalue weighted by atomic mass is 35.5. The van der Waals surface area contributed by atoms with Crippen molar-refractivity contribution in [3.05, 3.63) is 40.7 Å². The van der Waals surface area contributed by atoms with Crippen molar-refractivity contribution >= 4 is 40.0 Å². The molecule has 1 atom stereocenters. The molecule has 26 heavy (non-hydrogen) atoms. The maximum Gasteiger partial charge on any atom is 0.419 e. The number of aromatic amines is 1. The minimum Gasteiger partial charge on any atom is -0.453 e. The van der Waals surface area contributed by atoms with Crippen LogP contribution in [0, 0.1) is 0 Å². The van der Waals surface area contributed by atoms with Crippen LogP contribution in [0.25, 0.3) is 10.9 Å². The van der Waals surface area contributed by atoms with Crippen molar-refractivity contribution < 1.29 is 22.7 Å². The molecule has 0 saturated carbocycles. The first-order valence-corrected chi connectivity index (χ1v) is 7.62. The van der Waals surface area contributed by atoms with Gasteiger partial charge in [0.15, 0.2) is 6.29 Å². The van der Waals surface area contributed by atoms with E-state index in [2.05, 4.69) is 25.3 Å². The third-order valence-electron chi connectivity index (χ3n) is 3.70. The number of carbonyl (C=O) groups excluding carboxylic acids is 1. The SMILES string of the molecule is COC(=O)Nc1ccc2c(C3=NC(N)NC=C3C(F)(F)F)c[nH]c2c1Cl. The molecule has 1 aromatic carbocycles. The first-order chi connectivity index (χ1) is 12.2. The molecule has 1 amide bonds. The van der Waals surface area contributed by atoms with Gasteiger partial charge in [0, 0.05) is 23.3 Å². The number of aromatic nitrogens is 1. The predicted octanol–water partition coefficient (Wildman–Crippen LogP) is 3.08. The van der Waals surface area contributed by atoms with Crippen LogP contribution in [0.3, 0.4) is 0 Å². The Morgan fingerprint density at radius 2 is 2.15 bits per heavy atom. The average molecular weight is 388 g/mol. The van der Waals surface area contributed by atoms with Crippen molar-refractivity contribution in [2.45, 2.75) is 12.5 Å². The number of carbonyl (C=O) groups is 1. The standard InChI is InChI=1S/C15H13ClF3N5O2/c1-26-14(25)23-9-3-2-6-7(4-21-12(6)10(9)16)11-8(15(17,18)19)5-22-13(20)24-11/h2-5,13,21-22H,20H2,1H3,(H,23,25). The number of H-pyrrole nitrogens is 1. The molecule has 3 rings (SSSR count). The monoisotopic (exact) mass is 387 g/mol. The Balaban J connectivity index is 2.10. The topological polar surface area (TPSA) is 105 Å². The summed E-state index contributed by atoms with van der Waals surface area (Å²) in [7, 11) is 1.19. The number of hydrogen-bond acceptors (Lipinski definition) is 5. The molecule has 0 spiro atoms. The molecule has 138 valence electrons. The summed E-state index contributed by atoms with van der Waals surface area (Å²) in [6.07, 6.45) is -4.20. The lowest BCUT2D eigenvalue weighted by atomic mass is 10.0. The van der Waals surface area contributed by atoms with Gasteiger partial charge in [-0.3, -0.25) is 11.1 Å². The summed E-state index contributed by atoms with van der Waals surface area (Å²) in [5.41, 5.74) is 5.11. The number of alkyl halides is 3. The summed E-state index contributed by atoms with van der Waals surface area (Å²) in [4.78, 5) is 18.0. The van der Waals surface area contributed by atoms with Gasteiger partial charge in [0.2, 0.25) is 0 Å². The Bertz CT molecular complexity index is 935. The lowest BCUT2D eigenvalue weighted by Gasteiger charge is -2.21. The number of halogens is 4. The van der Waals surface area contributed by atoms with E-state index in [4.69, 9.17) is 17.3 Å². The number of benzene rings is 1. The highest BCUT2D eigenvalue weighted by Gasteiger charge is 2.40. The summed E-state index contributed by atoms with van der Waals surface area (Å²) in [6.45, 7) is 0. The molecule has 0 aliphatic carbocycles. The zero-order valence-electron chi connectivity index (χ0n) is 13.2. The Morgan fingerprint density at radius 1 is 1.42 bits per heavy atom. The van der Waals surface area contributed by atoms with E-state index >= 15 is 0 Å². The first-order valence-electron chi connectivity index (χ1n) is 7.24. The second kappa shape index (κ2) is 6.54. The van der Waals surface area contributed by atoms with Crippen LogP contribution >= 0.6 is 11.6 Å². The van der Waals surface area contributed by atoms with Crippen molar-refractivity contribution in [2.24, 2.45) is 10.7 Å². The molecule has 0 fully saturated rings. The number of nitrogens with zero attached hydrogens (tertiary/aromatic N) is 1. The molecule has 0 saturated heterocycles. The molecular weight excluding hydrogens is 375 g/mol. The van der Waals surface area contributed by atoms with Crippen molar-refractivity contribution in [1.29, 1.82) is 0 Å². The molecule has 2 heterocycles. The number of nitrogens with two attached hydrogens (primary N) is 1. The van der Waals surface area contributed by atoms with Crippen molar-refractivity contribution in [3.8, 4) is 0 Å². The Morgan fingerprint density at radius 3 is 2.81 bits per heavy atom. The van der Waals surface area contributed by atoms with Crippen LogP contribution in [0.2, 0.25) is 5.02 Å². The van der Waals surface area contributed by atoms with E-state index in [-0.39, 0.29) is 22.0 Å². The maximum atomic E-state index is 13.3. The molecule has 1 unspecified atom stereocenters. The largest absolute Gasteiger partial charge is 0.453 e. The molecule has 2 aromatic rings. The summed E-state index contributed by atoms with van der Waals surface area (Å²) in [6, 6.07) is 2.97. The fourth-order valence-corrected chi connectivity index (χ4v) is 2.80. The van der Waals surface area contributed by atoms with E-state index in [1.165, 1.54) is 25.4 Å². The number of nitrogens with one attached hydrogen (secondary N) is 3. The molecule has 0 bridgehead atoms. The van der Waals surface area contributed by atoms with Crippen LogP contribution in [0.5, 0.6) is 0 Å². The normalized spacial score (nSPS) is 17.4. The van der Waals surface area contributed by atoms with Gasteiger partial charge in [0.25, 0.3) is 0 Å².